The van der Waals surface area contributed by atoms with E-state index in [1.165, 1.54) is 7.11 Å². The Kier molecular flexibility index (Phi) is 7.01. The lowest BCUT2D eigenvalue weighted by Crippen LogP contribution is -2.27. The molecule has 2 aromatic rings. The van der Waals surface area contributed by atoms with Crippen LogP contribution in [0, 0.1) is 0 Å². The van der Waals surface area contributed by atoms with Crippen molar-refractivity contribution in [1.82, 2.24) is 10.0 Å². The zero-order valence-corrected chi connectivity index (χ0v) is 15.1. The Bertz CT molecular complexity index is 715. The van der Waals surface area contributed by atoms with Crippen molar-refractivity contribution in [3.05, 3.63) is 51.2 Å². The Morgan fingerprint density at radius 2 is 1.87 bits per heavy atom. The summed E-state index contributed by atoms with van der Waals surface area (Å²) in [6.07, 6.45) is 0. The predicted molar refractivity (Wildman–Crippen MR) is 93.4 cm³/mol. The van der Waals surface area contributed by atoms with Gasteiger partial charge >= 0.3 is 0 Å². The molecule has 23 heavy (non-hydrogen) atoms. The molecule has 2 N–H and O–H groups in total. The van der Waals surface area contributed by atoms with Gasteiger partial charge in [-0.1, -0.05) is 23.7 Å². The van der Waals surface area contributed by atoms with E-state index in [4.69, 9.17) is 16.3 Å². The zero-order chi connectivity index (χ0) is 16.7. The van der Waals surface area contributed by atoms with Crippen LogP contribution < -0.4 is 10.0 Å². The van der Waals surface area contributed by atoms with E-state index < -0.39 is 10.0 Å². The third-order valence-corrected chi connectivity index (χ3v) is 5.80. The molecule has 0 fully saturated rings. The maximum absolute atomic E-state index is 12.0. The lowest BCUT2D eigenvalue weighted by atomic mass is 10.2. The van der Waals surface area contributed by atoms with Crippen molar-refractivity contribution >= 4 is 33.0 Å². The second kappa shape index (κ2) is 8.77. The molecule has 8 heteroatoms. The summed E-state index contributed by atoms with van der Waals surface area (Å²) in [7, 11) is -1.95. The van der Waals surface area contributed by atoms with Crippen LogP contribution >= 0.6 is 22.9 Å². The molecule has 2 rings (SSSR count). The van der Waals surface area contributed by atoms with Crippen LogP contribution in [0.4, 0.5) is 0 Å². The van der Waals surface area contributed by atoms with Crippen molar-refractivity contribution in [3.63, 3.8) is 0 Å². The summed E-state index contributed by atoms with van der Waals surface area (Å²) in [5, 5.41) is 3.30. The number of hydrogen-bond donors (Lipinski definition) is 2. The van der Waals surface area contributed by atoms with E-state index in [0.29, 0.717) is 13.2 Å². The summed E-state index contributed by atoms with van der Waals surface area (Å²) in [5.74, 6) is 0. The minimum absolute atomic E-state index is 0.252. The second-order valence-corrected chi connectivity index (χ2v) is 8.41. The van der Waals surface area contributed by atoms with Gasteiger partial charge in [-0.3, -0.25) is 0 Å². The van der Waals surface area contributed by atoms with Gasteiger partial charge in [0.2, 0.25) is 10.0 Å². The maximum atomic E-state index is 12.0. The smallest absolute Gasteiger partial charge is 0.240 e. The number of halogens is 1. The van der Waals surface area contributed by atoms with E-state index >= 15 is 0 Å². The van der Waals surface area contributed by atoms with Gasteiger partial charge in [0.25, 0.3) is 0 Å². The molecule has 1 aromatic carbocycles. The molecule has 0 aliphatic rings. The van der Waals surface area contributed by atoms with Gasteiger partial charge in [-0.05, 0) is 29.8 Å². The monoisotopic (exact) mass is 374 g/mol. The first-order chi connectivity index (χ1) is 11.0. The minimum Gasteiger partial charge on any atom is -0.383 e. The van der Waals surface area contributed by atoms with Crippen LogP contribution in [0.2, 0.25) is 4.34 Å². The number of methoxy groups -OCH3 is 1. The fourth-order valence-electron chi connectivity index (χ4n) is 1.92. The SMILES string of the molecule is COCCNS(=O)(=O)c1ccc(CNCc2ccc(Cl)s2)cc1. The van der Waals surface area contributed by atoms with Crippen LogP contribution in [-0.4, -0.2) is 28.7 Å². The van der Waals surface area contributed by atoms with Crippen LogP contribution in [0.3, 0.4) is 0 Å². The third kappa shape index (κ3) is 5.87. The first-order valence-electron chi connectivity index (χ1n) is 7.04. The lowest BCUT2D eigenvalue weighted by Gasteiger charge is -2.08. The first-order valence-corrected chi connectivity index (χ1v) is 9.71. The number of hydrogen-bond acceptors (Lipinski definition) is 5. The van der Waals surface area contributed by atoms with E-state index in [9.17, 15) is 8.42 Å². The van der Waals surface area contributed by atoms with E-state index in [0.717, 1.165) is 21.3 Å². The molecule has 1 heterocycles. The number of ether oxygens (including phenoxy) is 1. The van der Waals surface area contributed by atoms with Crippen molar-refractivity contribution < 1.29 is 13.2 Å². The standard InChI is InChI=1S/C15H19ClN2O3S2/c1-21-9-8-18-23(19,20)14-5-2-12(3-6-14)10-17-11-13-4-7-15(16)22-13/h2-7,17-18H,8-11H2,1H3. The summed E-state index contributed by atoms with van der Waals surface area (Å²) in [6, 6.07) is 10.7. The average Bonchev–Trinajstić information content (AvgIpc) is 2.93. The number of rotatable bonds is 9. The Morgan fingerprint density at radius 3 is 2.48 bits per heavy atom. The van der Waals surface area contributed by atoms with Crippen LogP contribution in [0.15, 0.2) is 41.3 Å². The fourth-order valence-corrected chi connectivity index (χ4v) is 3.99. The molecule has 0 radical (unpaired) electrons. The molecule has 0 saturated heterocycles. The summed E-state index contributed by atoms with van der Waals surface area (Å²) in [6.45, 7) is 1.99. The predicted octanol–water partition coefficient (Wildman–Crippen LogP) is 2.62. The Hall–Kier alpha value is -0.960. The number of nitrogens with one attached hydrogen (secondary N) is 2. The van der Waals surface area contributed by atoms with Crippen molar-refractivity contribution in [2.24, 2.45) is 0 Å². The van der Waals surface area contributed by atoms with Gasteiger partial charge in [-0.15, -0.1) is 11.3 Å². The first kappa shape index (κ1) is 18.4. The molecular weight excluding hydrogens is 356 g/mol. The summed E-state index contributed by atoms with van der Waals surface area (Å²) in [5.41, 5.74) is 1.02. The van der Waals surface area contributed by atoms with Gasteiger partial charge in [-0.25, -0.2) is 13.1 Å². The van der Waals surface area contributed by atoms with Gasteiger partial charge in [0.15, 0.2) is 0 Å². The number of sulfonamides is 1. The average molecular weight is 375 g/mol. The lowest BCUT2D eigenvalue weighted by molar-refractivity contribution is 0.204. The minimum atomic E-state index is -3.47. The molecular formula is C15H19ClN2O3S2. The van der Waals surface area contributed by atoms with Crippen LogP contribution in [0.25, 0.3) is 0 Å². The molecule has 5 nitrogen and oxygen atoms in total. The molecule has 0 amide bonds. The van der Waals surface area contributed by atoms with E-state index in [1.807, 2.05) is 12.1 Å². The molecule has 0 unspecified atom stereocenters. The van der Waals surface area contributed by atoms with E-state index in [-0.39, 0.29) is 11.4 Å². The summed E-state index contributed by atoms with van der Waals surface area (Å²) in [4.78, 5) is 1.42. The Morgan fingerprint density at radius 1 is 1.13 bits per heavy atom. The molecule has 1 aromatic heterocycles. The number of thiophene rings is 1. The van der Waals surface area contributed by atoms with Crippen molar-refractivity contribution in [2.75, 3.05) is 20.3 Å². The quantitative estimate of drug-likeness (QED) is 0.662. The topological polar surface area (TPSA) is 67.4 Å². The molecule has 0 atom stereocenters. The Balaban J connectivity index is 1.86. The highest BCUT2D eigenvalue weighted by molar-refractivity contribution is 7.89. The van der Waals surface area contributed by atoms with Gasteiger partial charge < -0.3 is 10.1 Å². The highest BCUT2D eigenvalue weighted by atomic mass is 35.5. The molecule has 0 bridgehead atoms. The fraction of sp³-hybridized carbons (Fsp3) is 0.333. The van der Waals surface area contributed by atoms with Gasteiger partial charge in [0.1, 0.15) is 0 Å². The van der Waals surface area contributed by atoms with E-state index in [1.54, 1.807) is 35.6 Å². The third-order valence-electron chi connectivity index (χ3n) is 3.09. The van der Waals surface area contributed by atoms with Gasteiger partial charge in [0.05, 0.1) is 15.8 Å². The van der Waals surface area contributed by atoms with Crippen molar-refractivity contribution in [3.8, 4) is 0 Å². The van der Waals surface area contributed by atoms with E-state index in [2.05, 4.69) is 10.0 Å². The molecule has 0 saturated carbocycles. The highest BCUT2D eigenvalue weighted by Gasteiger charge is 2.12. The second-order valence-electron chi connectivity index (χ2n) is 4.84. The molecule has 0 spiro atoms. The number of benzene rings is 1. The molecule has 0 aliphatic carbocycles. The van der Waals surface area contributed by atoms with Crippen LogP contribution in [0.5, 0.6) is 0 Å². The molecule has 126 valence electrons. The normalized spacial score (nSPS) is 11.7. The van der Waals surface area contributed by atoms with Crippen LogP contribution in [0.1, 0.15) is 10.4 Å². The Labute approximate surface area is 145 Å². The maximum Gasteiger partial charge on any atom is 0.240 e. The summed E-state index contributed by atoms with van der Waals surface area (Å²) >= 11 is 7.43. The highest BCUT2D eigenvalue weighted by Crippen LogP contribution is 2.21. The molecule has 0 aliphatic heterocycles. The largest absolute Gasteiger partial charge is 0.383 e. The van der Waals surface area contributed by atoms with Crippen molar-refractivity contribution in [1.29, 1.82) is 0 Å². The summed E-state index contributed by atoms with van der Waals surface area (Å²) < 4.78 is 32.1. The zero-order valence-electron chi connectivity index (χ0n) is 12.7. The van der Waals surface area contributed by atoms with Gasteiger partial charge in [0, 0.05) is 31.6 Å². The van der Waals surface area contributed by atoms with Crippen molar-refractivity contribution in [2.45, 2.75) is 18.0 Å². The van der Waals surface area contributed by atoms with Gasteiger partial charge in [-0.2, -0.15) is 0 Å². The van der Waals surface area contributed by atoms with Crippen LogP contribution in [-0.2, 0) is 27.8 Å².